The lowest BCUT2D eigenvalue weighted by atomic mass is 10.0. The molecule has 0 radical (unpaired) electrons. The summed E-state index contributed by atoms with van der Waals surface area (Å²) in [5.74, 6) is 1.33. The van der Waals surface area contributed by atoms with Gasteiger partial charge in [0.05, 0.1) is 6.20 Å². The first kappa shape index (κ1) is 25.1. The van der Waals surface area contributed by atoms with Crippen LogP contribution in [0, 0.1) is 11.3 Å². The predicted molar refractivity (Wildman–Crippen MR) is 147 cm³/mol. The minimum atomic E-state index is -0.534. The molecule has 1 aliphatic heterocycles. The van der Waals surface area contributed by atoms with Crippen molar-refractivity contribution in [1.29, 1.82) is 5.26 Å². The molecule has 38 heavy (non-hydrogen) atoms. The number of anilines is 2. The topological polar surface area (TPSA) is 108 Å². The van der Waals surface area contributed by atoms with Gasteiger partial charge < -0.3 is 20.3 Å². The van der Waals surface area contributed by atoms with Gasteiger partial charge >= 0.3 is 6.09 Å². The minimum absolute atomic E-state index is 0.0179. The van der Waals surface area contributed by atoms with E-state index < -0.39 is 5.60 Å². The number of fused-ring (bicyclic) bond motifs is 1. The van der Waals surface area contributed by atoms with Gasteiger partial charge in [-0.25, -0.2) is 9.78 Å². The molecule has 9 nitrogen and oxygen atoms in total. The van der Waals surface area contributed by atoms with E-state index in [2.05, 4.69) is 63.2 Å². The van der Waals surface area contributed by atoms with E-state index >= 15 is 0 Å². The molecule has 2 N–H and O–H groups in total. The van der Waals surface area contributed by atoms with Crippen LogP contribution in [0.1, 0.15) is 38.3 Å². The van der Waals surface area contributed by atoms with Gasteiger partial charge in [-0.1, -0.05) is 54.6 Å². The number of benzene rings is 2. The fourth-order valence-electron chi connectivity index (χ4n) is 4.46. The van der Waals surface area contributed by atoms with E-state index in [1.807, 2.05) is 45.0 Å². The second-order valence-electron chi connectivity index (χ2n) is 10.4. The second-order valence-corrected chi connectivity index (χ2v) is 10.4. The van der Waals surface area contributed by atoms with Crippen molar-refractivity contribution in [3.8, 4) is 17.2 Å². The van der Waals surface area contributed by atoms with E-state index in [1.165, 1.54) is 11.8 Å². The Morgan fingerprint density at radius 2 is 1.87 bits per heavy atom. The quantitative estimate of drug-likeness (QED) is 0.363. The van der Waals surface area contributed by atoms with Gasteiger partial charge in [0.1, 0.15) is 28.9 Å². The molecule has 1 atom stereocenters. The van der Waals surface area contributed by atoms with Crippen LogP contribution in [0.3, 0.4) is 0 Å². The zero-order chi connectivity index (χ0) is 26.7. The number of hydrogen-bond acceptors (Lipinski definition) is 7. The number of carbonyl (C=O) groups is 1. The van der Waals surface area contributed by atoms with E-state index in [9.17, 15) is 10.1 Å². The number of nitrogens with zero attached hydrogens (tertiary/aromatic N) is 5. The van der Waals surface area contributed by atoms with Gasteiger partial charge in [0.25, 0.3) is 0 Å². The Morgan fingerprint density at radius 1 is 1.13 bits per heavy atom. The zero-order valence-electron chi connectivity index (χ0n) is 21.8. The third kappa shape index (κ3) is 5.70. The highest BCUT2D eigenvalue weighted by Crippen LogP contribution is 2.24. The van der Waals surface area contributed by atoms with E-state index in [-0.39, 0.29) is 12.1 Å². The molecule has 5 rings (SSSR count). The predicted octanol–water partition coefficient (Wildman–Crippen LogP) is 5.30. The maximum Gasteiger partial charge on any atom is 0.410 e. The highest BCUT2D eigenvalue weighted by Gasteiger charge is 2.30. The SMILES string of the molecule is CC(C)(C)OC(=O)N1CC[C@H](Nc2cc(NCc3ccc(-c4ccccc4)cc3)n3ncc(C#N)c3n2)C1. The van der Waals surface area contributed by atoms with Crippen molar-refractivity contribution in [2.24, 2.45) is 0 Å². The first-order valence-corrected chi connectivity index (χ1v) is 12.7. The lowest BCUT2D eigenvalue weighted by Gasteiger charge is -2.24. The highest BCUT2D eigenvalue weighted by atomic mass is 16.6. The van der Waals surface area contributed by atoms with Crippen molar-refractivity contribution in [2.75, 3.05) is 23.7 Å². The second kappa shape index (κ2) is 10.4. The number of amides is 1. The number of aromatic nitrogens is 3. The number of nitriles is 1. The maximum absolute atomic E-state index is 12.5. The minimum Gasteiger partial charge on any atom is -0.444 e. The molecule has 0 bridgehead atoms. The van der Waals surface area contributed by atoms with Gasteiger partial charge in [-0.3, -0.25) is 0 Å². The fourth-order valence-corrected chi connectivity index (χ4v) is 4.46. The molecule has 1 aliphatic rings. The number of likely N-dealkylation sites (tertiary alicyclic amines) is 1. The molecular formula is C29H31N7O2. The number of nitrogens with one attached hydrogen (secondary N) is 2. The average Bonchev–Trinajstić information content (AvgIpc) is 3.54. The molecule has 194 valence electrons. The van der Waals surface area contributed by atoms with E-state index in [0.29, 0.717) is 42.5 Å². The molecular weight excluding hydrogens is 478 g/mol. The molecule has 2 aromatic heterocycles. The lowest BCUT2D eigenvalue weighted by molar-refractivity contribution is 0.0293. The average molecular weight is 510 g/mol. The standard InChI is InChI=1S/C29H31N7O2/c1-29(2,3)38-28(37)35-14-13-24(19-35)33-25-15-26(36-27(34-25)23(16-30)18-32-36)31-17-20-9-11-22(12-10-20)21-7-5-4-6-8-21/h4-12,15,18,24,31H,13-14,17,19H2,1-3H3,(H,33,34)/t24-/m0/s1. The van der Waals surface area contributed by atoms with Crippen molar-refractivity contribution in [2.45, 2.75) is 45.4 Å². The Balaban J connectivity index is 1.31. The van der Waals surface area contributed by atoms with Crippen LogP contribution in [-0.4, -0.2) is 50.3 Å². The van der Waals surface area contributed by atoms with Crippen LogP contribution in [0.2, 0.25) is 0 Å². The van der Waals surface area contributed by atoms with Crippen molar-refractivity contribution in [1.82, 2.24) is 19.5 Å². The largest absolute Gasteiger partial charge is 0.444 e. The Bertz CT molecular complexity index is 1470. The Hall–Kier alpha value is -4.58. The fraction of sp³-hybridized carbons (Fsp3) is 0.310. The van der Waals surface area contributed by atoms with E-state index in [0.717, 1.165) is 17.5 Å². The van der Waals surface area contributed by atoms with Crippen molar-refractivity contribution in [3.05, 3.63) is 78.0 Å². The summed E-state index contributed by atoms with van der Waals surface area (Å²) < 4.78 is 7.15. The summed E-state index contributed by atoms with van der Waals surface area (Å²) in [6.45, 7) is 7.28. The molecule has 0 unspecified atom stereocenters. The van der Waals surface area contributed by atoms with Crippen LogP contribution in [0.25, 0.3) is 16.8 Å². The number of ether oxygens (including phenoxy) is 1. The summed E-state index contributed by atoms with van der Waals surface area (Å²) in [4.78, 5) is 18.8. The Labute approximate surface area is 222 Å². The van der Waals surface area contributed by atoms with Crippen molar-refractivity contribution in [3.63, 3.8) is 0 Å². The molecule has 9 heteroatoms. The van der Waals surface area contributed by atoms with Gasteiger partial charge in [-0.2, -0.15) is 14.9 Å². The summed E-state index contributed by atoms with van der Waals surface area (Å²) in [6.07, 6.45) is 1.98. The number of hydrogen-bond donors (Lipinski definition) is 2. The summed E-state index contributed by atoms with van der Waals surface area (Å²) in [5, 5.41) is 20.8. The van der Waals surface area contributed by atoms with Crippen LogP contribution >= 0.6 is 0 Å². The monoisotopic (exact) mass is 509 g/mol. The van der Waals surface area contributed by atoms with Gasteiger partial charge in [-0.05, 0) is 43.9 Å². The van der Waals surface area contributed by atoms with Gasteiger partial charge in [0.2, 0.25) is 0 Å². The summed E-state index contributed by atoms with van der Waals surface area (Å²) in [5.41, 5.74) is 3.78. The molecule has 0 saturated carbocycles. The molecule has 3 heterocycles. The lowest BCUT2D eigenvalue weighted by Crippen LogP contribution is -2.36. The molecule has 2 aromatic carbocycles. The Kier molecular flexibility index (Phi) is 6.88. The van der Waals surface area contributed by atoms with Gasteiger partial charge in [-0.15, -0.1) is 0 Å². The highest BCUT2D eigenvalue weighted by molar-refractivity contribution is 5.69. The first-order valence-electron chi connectivity index (χ1n) is 12.7. The molecule has 4 aromatic rings. The summed E-state index contributed by atoms with van der Waals surface area (Å²) in [6, 6.07) is 22.8. The zero-order valence-corrected chi connectivity index (χ0v) is 21.8. The molecule has 1 fully saturated rings. The van der Waals surface area contributed by atoms with Gasteiger partial charge in [0, 0.05) is 31.7 Å². The smallest absolute Gasteiger partial charge is 0.410 e. The van der Waals surface area contributed by atoms with Crippen LogP contribution in [0.4, 0.5) is 16.4 Å². The molecule has 0 aliphatic carbocycles. The molecule has 1 saturated heterocycles. The third-order valence-corrected chi connectivity index (χ3v) is 6.32. The maximum atomic E-state index is 12.5. The summed E-state index contributed by atoms with van der Waals surface area (Å²) >= 11 is 0. The Morgan fingerprint density at radius 3 is 2.58 bits per heavy atom. The molecule has 0 spiro atoms. The van der Waals surface area contributed by atoms with E-state index in [4.69, 9.17) is 4.74 Å². The van der Waals surface area contributed by atoms with Crippen molar-refractivity contribution < 1.29 is 9.53 Å². The van der Waals surface area contributed by atoms with Crippen LogP contribution < -0.4 is 10.6 Å². The van der Waals surface area contributed by atoms with Crippen LogP contribution in [0.5, 0.6) is 0 Å². The molecule has 1 amide bonds. The third-order valence-electron chi connectivity index (χ3n) is 6.32. The first-order chi connectivity index (χ1) is 18.3. The number of carbonyl (C=O) groups excluding carboxylic acids is 1. The van der Waals surface area contributed by atoms with Crippen LogP contribution in [-0.2, 0) is 11.3 Å². The van der Waals surface area contributed by atoms with Crippen molar-refractivity contribution >= 4 is 23.4 Å². The normalized spacial score (nSPS) is 15.3. The van der Waals surface area contributed by atoms with E-state index in [1.54, 1.807) is 9.42 Å². The number of rotatable bonds is 6. The van der Waals surface area contributed by atoms with Crippen LogP contribution in [0.15, 0.2) is 66.9 Å². The summed E-state index contributed by atoms with van der Waals surface area (Å²) in [7, 11) is 0. The van der Waals surface area contributed by atoms with Gasteiger partial charge in [0.15, 0.2) is 5.65 Å².